The number of benzene rings is 1. The van der Waals surface area contributed by atoms with Gasteiger partial charge in [0, 0.05) is 13.5 Å². The molecule has 1 unspecified atom stereocenters. The van der Waals surface area contributed by atoms with Crippen molar-refractivity contribution in [2.45, 2.75) is 19.4 Å². The van der Waals surface area contributed by atoms with Crippen LogP contribution in [0.1, 0.15) is 24.9 Å². The van der Waals surface area contributed by atoms with E-state index in [0.29, 0.717) is 18.8 Å². The molecule has 0 heterocycles. The second-order valence-electron chi connectivity index (χ2n) is 4.28. The highest BCUT2D eigenvalue weighted by Crippen LogP contribution is 2.28. The molecule has 1 aromatic carbocycles. The van der Waals surface area contributed by atoms with Crippen LogP contribution in [0.4, 0.5) is 0 Å². The molecule has 1 rings (SSSR count). The maximum absolute atomic E-state index is 10.7. The second kappa shape index (κ2) is 8.02. The highest BCUT2D eigenvalue weighted by Gasteiger charge is 2.12. The summed E-state index contributed by atoms with van der Waals surface area (Å²) >= 11 is 0. The number of nitrogens with one attached hydrogen (secondary N) is 2. The van der Waals surface area contributed by atoms with E-state index in [1.165, 1.54) is 20.1 Å². The van der Waals surface area contributed by atoms with Crippen molar-refractivity contribution in [3.8, 4) is 17.6 Å². The predicted molar refractivity (Wildman–Crippen MR) is 74.3 cm³/mol. The SMILES string of the molecule is COc1cc(C(C#N)NCCCNC(C)=O)ccc1O. The third-order valence-electron chi connectivity index (χ3n) is 2.74. The molecule has 0 aliphatic rings. The molecule has 6 heteroatoms. The number of nitriles is 1. The van der Waals surface area contributed by atoms with Crippen LogP contribution in [0.5, 0.6) is 11.5 Å². The van der Waals surface area contributed by atoms with Gasteiger partial charge in [-0.05, 0) is 30.7 Å². The van der Waals surface area contributed by atoms with Gasteiger partial charge in [0.15, 0.2) is 11.5 Å². The van der Waals surface area contributed by atoms with Crippen molar-refractivity contribution >= 4 is 5.91 Å². The zero-order valence-electron chi connectivity index (χ0n) is 11.6. The topological polar surface area (TPSA) is 94.4 Å². The Bertz CT molecular complexity index is 497. The number of hydrogen-bond donors (Lipinski definition) is 3. The van der Waals surface area contributed by atoms with Crippen molar-refractivity contribution < 1.29 is 14.6 Å². The average Bonchev–Trinajstić information content (AvgIpc) is 2.43. The van der Waals surface area contributed by atoms with Crippen LogP contribution in [0.2, 0.25) is 0 Å². The first-order chi connectivity index (χ1) is 9.58. The summed E-state index contributed by atoms with van der Waals surface area (Å²) < 4.78 is 5.02. The van der Waals surface area contributed by atoms with Gasteiger partial charge in [0.1, 0.15) is 6.04 Å². The molecule has 0 spiro atoms. The van der Waals surface area contributed by atoms with Gasteiger partial charge < -0.3 is 15.2 Å². The molecule has 1 atom stereocenters. The van der Waals surface area contributed by atoms with E-state index in [-0.39, 0.29) is 11.7 Å². The van der Waals surface area contributed by atoms with Gasteiger partial charge in [-0.2, -0.15) is 5.26 Å². The summed E-state index contributed by atoms with van der Waals surface area (Å²) in [5.41, 5.74) is 0.724. The molecule has 1 aromatic rings. The summed E-state index contributed by atoms with van der Waals surface area (Å²) in [6.45, 7) is 2.63. The Morgan fingerprint density at radius 1 is 1.50 bits per heavy atom. The summed E-state index contributed by atoms with van der Waals surface area (Å²) in [6, 6.07) is 6.47. The Kier molecular flexibility index (Phi) is 6.33. The maximum atomic E-state index is 10.7. The molecule has 1 amide bonds. The lowest BCUT2D eigenvalue weighted by Gasteiger charge is -2.13. The number of rotatable bonds is 7. The number of methoxy groups -OCH3 is 1. The van der Waals surface area contributed by atoms with Crippen LogP contribution in [-0.2, 0) is 4.79 Å². The Balaban J connectivity index is 2.54. The van der Waals surface area contributed by atoms with E-state index in [1.54, 1.807) is 12.1 Å². The van der Waals surface area contributed by atoms with Gasteiger partial charge in [-0.25, -0.2) is 0 Å². The number of carbonyl (C=O) groups is 1. The quantitative estimate of drug-likeness (QED) is 0.648. The minimum absolute atomic E-state index is 0.0404. The molecular weight excluding hydrogens is 258 g/mol. The van der Waals surface area contributed by atoms with Crippen LogP contribution < -0.4 is 15.4 Å². The molecule has 0 aliphatic carbocycles. The third-order valence-corrected chi connectivity index (χ3v) is 2.74. The number of phenols is 1. The van der Waals surface area contributed by atoms with Crippen molar-refractivity contribution in [1.29, 1.82) is 5.26 Å². The first-order valence-electron chi connectivity index (χ1n) is 6.32. The monoisotopic (exact) mass is 277 g/mol. The molecule has 0 radical (unpaired) electrons. The highest BCUT2D eigenvalue weighted by atomic mass is 16.5. The van der Waals surface area contributed by atoms with E-state index in [4.69, 9.17) is 4.74 Å². The van der Waals surface area contributed by atoms with Crippen LogP contribution in [0.3, 0.4) is 0 Å². The number of carbonyl (C=O) groups excluding carboxylic acids is 1. The molecule has 0 saturated heterocycles. The van der Waals surface area contributed by atoms with E-state index in [2.05, 4.69) is 16.7 Å². The van der Waals surface area contributed by atoms with Gasteiger partial charge >= 0.3 is 0 Å². The first-order valence-corrected chi connectivity index (χ1v) is 6.32. The molecule has 0 bridgehead atoms. The van der Waals surface area contributed by atoms with E-state index in [0.717, 1.165) is 12.0 Å². The molecule has 0 fully saturated rings. The van der Waals surface area contributed by atoms with Gasteiger partial charge in [-0.3, -0.25) is 10.1 Å². The van der Waals surface area contributed by atoms with Crippen molar-refractivity contribution in [2.24, 2.45) is 0 Å². The Hall–Kier alpha value is -2.26. The zero-order chi connectivity index (χ0) is 15.0. The molecule has 6 nitrogen and oxygen atoms in total. The number of hydrogen-bond acceptors (Lipinski definition) is 5. The number of amides is 1. The van der Waals surface area contributed by atoms with E-state index in [1.807, 2.05) is 0 Å². The molecular formula is C14H19N3O3. The average molecular weight is 277 g/mol. The zero-order valence-corrected chi connectivity index (χ0v) is 11.6. The van der Waals surface area contributed by atoms with Crippen LogP contribution in [0, 0.1) is 11.3 Å². The number of nitrogens with zero attached hydrogens (tertiary/aromatic N) is 1. The lowest BCUT2D eigenvalue weighted by molar-refractivity contribution is -0.118. The van der Waals surface area contributed by atoms with E-state index in [9.17, 15) is 15.2 Å². The number of aromatic hydroxyl groups is 1. The van der Waals surface area contributed by atoms with Crippen molar-refractivity contribution in [2.75, 3.05) is 20.2 Å². The van der Waals surface area contributed by atoms with Gasteiger partial charge in [-0.15, -0.1) is 0 Å². The molecule has 20 heavy (non-hydrogen) atoms. The minimum atomic E-state index is -0.484. The standard InChI is InChI=1S/C14H19N3O3/c1-10(18)16-6-3-7-17-12(9-15)11-4-5-13(19)14(8-11)20-2/h4-5,8,12,17,19H,3,6-7H2,1-2H3,(H,16,18). The highest BCUT2D eigenvalue weighted by molar-refractivity contribution is 5.72. The predicted octanol–water partition coefficient (Wildman–Crippen LogP) is 1.08. The fourth-order valence-corrected chi connectivity index (χ4v) is 1.71. The van der Waals surface area contributed by atoms with Gasteiger partial charge in [-0.1, -0.05) is 6.07 Å². The largest absolute Gasteiger partial charge is 0.504 e. The fourth-order valence-electron chi connectivity index (χ4n) is 1.71. The molecule has 108 valence electrons. The van der Waals surface area contributed by atoms with Crippen molar-refractivity contribution in [1.82, 2.24) is 10.6 Å². The molecule has 0 aromatic heterocycles. The summed E-state index contributed by atoms with van der Waals surface area (Å²) in [4.78, 5) is 10.7. The van der Waals surface area contributed by atoms with Crippen LogP contribution in [0.25, 0.3) is 0 Å². The normalized spacial score (nSPS) is 11.4. The van der Waals surface area contributed by atoms with Gasteiger partial charge in [0.05, 0.1) is 13.2 Å². The first kappa shape index (κ1) is 15.8. The summed E-state index contributed by atoms with van der Waals surface area (Å²) in [6.07, 6.45) is 0.729. The summed E-state index contributed by atoms with van der Waals surface area (Å²) in [5.74, 6) is 0.312. The van der Waals surface area contributed by atoms with Crippen molar-refractivity contribution in [3.05, 3.63) is 23.8 Å². The van der Waals surface area contributed by atoms with Gasteiger partial charge in [0.25, 0.3) is 0 Å². The van der Waals surface area contributed by atoms with Crippen LogP contribution >= 0.6 is 0 Å². The summed E-state index contributed by atoms with van der Waals surface area (Å²) in [7, 11) is 1.46. The lowest BCUT2D eigenvalue weighted by Crippen LogP contribution is -2.27. The summed E-state index contributed by atoms with van der Waals surface area (Å²) in [5, 5.41) is 24.5. The van der Waals surface area contributed by atoms with Crippen LogP contribution in [-0.4, -0.2) is 31.2 Å². The third kappa shape index (κ3) is 4.78. The Labute approximate surface area is 118 Å². The number of phenolic OH excluding ortho intramolecular Hbond substituents is 1. The lowest BCUT2D eigenvalue weighted by atomic mass is 10.1. The molecule has 3 N–H and O–H groups in total. The van der Waals surface area contributed by atoms with Gasteiger partial charge in [0.2, 0.25) is 5.91 Å². The maximum Gasteiger partial charge on any atom is 0.216 e. The Morgan fingerprint density at radius 2 is 2.25 bits per heavy atom. The van der Waals surface area contributed by atoms with E-state index >= 15 is 0 Å². The fraction of sp³-hybridized carbons (Fsp3) is 0.429. The second-order valence-corrected chi connectivity index (χ2v) is 4.28. The molecule has 0 aliphatic heterocycles. The Morgan fingerprint density at radius 3 is 2.85 bits per heavy atom. The minimum Gasteiger partial charge on any atom is -0.504 e. The van der Waals surface area contributed by atoms with Crippen molar-refractivity contribution in [3.63, 3.8) is 0 Å². The smallest absolute Gasteiger partial charge is 0.216 e. The number of ether oxygens (including phenoxy) is 1. The van der Waals surface area contributed by atoms with E-state index < -0.39 is 6.04 Å². The van der Waals surface area contributed by atoms with Crippen LogP contribution in [0.15, 0.2) is 18.2 Å². The molecule has 0 saturated carbocycles.